The van der Waals surface area contributed by atoms with Gasteiger partial charge in [-0.1, -0.05) is 22.0 Å². The van der Waals surface area contributed by atoms with Gasteiger partial charge in [-0.05, 0) is 19.9 Å². The standard InChI is InChI=1S/C8H11BrO2/c1-3-7(9)5-6-8(10)11-4-2/h3,5-6H,4H2,1-2H3/b6-5+,7-3-. The molecule has 0 heterocycles. The molecule has 0 aromatic rings. The molecular formula is C8H11BrO2. The first-order chi connectivity index (χ1) is 5.20. The Morgan fingerprint density at radius 1 is 1.55 bits per heavy atom. The van der Waals surface area contributed by atoms with Gasteiger partial charge in [0, 0.05) is 10.6 Å². The Kier molecular flexibility index (Phi) is 5.84. The summed E-state index contributed by atoms with van der Waals surface area (Å²) in [5, 5.41) is 0. The third-order valence-corrected chi connectivity index (χ3v) is 1.66. The Morgan fingerprint density at radius 2 is 2.18 bits per heavy atom. The van der Waals surface area contributed by atoms with E-state index in [4.69, 9.17) is 0 Å². The van der Waals surface area contributed by atoms with Crippen LogP contribution in [0, 0.1) is 0 Å². The number of hydrogen-bond acceptors (Lipinski definition) is 2. The zero-order valence-corrected chi connectivity index (χ0v) is 8.22. The van der Waals surface area contributed by atoms with Crippen LogP contribution in [0.2, 0.25) is 0 Å². The predicted molar refractivity (Wildman–Crippen MR) is 48.5 cm³/mol. The van der Waals surface area contributed by atoms with Gasteiger partial charge in [0.1, 0.15) is 0 Å². The molecule has 0 aromatic heterocycles. The monoisotopic (exact) mass is 218 g/mol. The molecule has 0 aliphatic carbocycles. The van der Waals surface area contributed by atoms with Crippen LogP contribution in [0.15, 0.2) is 22.7 Å². The van der Waals surface area contributed by atoms with Gasteiger partial charge in [-0.15, -0.1) is 0 Å². The lowest BCUT2D eigenvalue weighted by atomic mass is 10.4. The van der Waals surface area contributed by atoms with Gasteiger partial charge in [0.2, 0.25) is 0 Å². The minimum atomic E-state index is -0.314. The smallest absolute Gasteiger partial charge is 0.330 e. The van der Waals surface area contributed by atoms with Crippen LogP contribution >= 0.6 is 15.9 Å². The molecule has 0 aliphatic heterocycles. The minimum absolute atomic E-state index is 0.314. The summed E-state index contributed by atoms with van der Waals surface area (Å²) in [7, 11) is 0. The highest BCUT2D eigenvalue weighted by Gasteiger charge is 1.91. The highest BCUT2D eigenvalue weighted by atomic mass is 79.9. The molecule has 0 unspecified atom stereocenters. The number of hydrogen-bond donors (Lipinski definition) is 0. The highest BCUT2D eigenvalue weighted by Crippen LogP contribution is 2.05. The maximum absolute atomic E-state index is 10.7. The van der Waals surface area contributed by atoms with Crippen LogP contribution in [-0.4, -0.2) is 12.6 Å². The second-order valence-electron chi connectivity index (χ2n) is 1.76. The fourth-order valence-corrected chi connectivity index (χ4v) is 0.566. The van der Waals surface area contributed by atoms with E-state index < -0.39 is 0 Å². The van der Waals surface area contributed by atoms with Crippen molar-refractivity contribution in [2.75, 3.05) is 6.61 Å². The maximum atomic E-state index is 10.7. The molecule has 0 bridgehead atoms. The molecule has 2 nitrogen and oxygen atoms in total. The fourth-order valence-electron chi connectivity index (χ4n) is 0.434. The summed E-state index contributed by atoms with van der Waals surface area (Å²) in [4.78, 5) is 10.7. The van der Waals surface area contributed by atoms with Gasteiger partial charge in [0.05, 0.1) is 6.61 Å². The summed E-state index contributed by atoms with van der Waals surface area (Å²) in [5.41, 5.74) is 0. The molecule has 0 radical (unpaired) electrons. The number of rotatable bonds is 3. The molecular weight excluding hydrogens is 208 g/mol. The van der Waals surface area contributed by atoms with Crippen LogP contribution in [0.1, 0.15) is 13.8 Å². The molecule has 0 aromatic carbocycles. The highest BCUT2D eigenvalue weighted by molar-refractivity contribution is 9.11. The van der Waals surface area contributed by atoms with Crippen molar-refractivity contribution in [1.29, 1.82) is 0 Å². The van der Waals surface area contributed by atoms with Crippen molar-refractivity contribution >= 4 is 21.9 Å². The second-order valence-corrected chi connectivity index (χ2v) is 2.67. The first kappa shape index (κ1) is 10.4. The van der Waals surface area contributed by atoms with Gasteiger partial charge in [-0.25, -0.2) is 4.79 Å². The van der Waals surface area contributed by atoms with Crippen molar-refractivity contribution in [1.82, 2.24) is 0 Å². The molecule has 0 saturated carbocycles. The quantitative estimate of drug-likeness (QED) is 0.414. The molecule has 0 saturated heterocycles. The Balaban J connectivity index is 3.83. The van der Waals surface area contributed by atoms with Crippen molar-refractivity contribution in [2.45, 2.75) is 13.8 Å². The van der Waals surface area contributed by atoms with E-state index in [-0.39, 0.29) is 5.97 Å². The van der Waals surface area contributed by atoms with E-state index in [1.54, 1.807) is 13.0 Å². The summed E-state index contributed by atoms with van der Waals surface area (Å²) >= 11 is 3.22. The lowest BCUT2D eigenvalue weighted by molar-refractivity contribution is -0.137. The van der Waals surface area contributed by atoms with Crippen molar-refractivity contribution in [2.24, 2.45) is 0 Å². The number of carbonyl (C=O) groups is 1. The van der Waals surface area contributed by atoms with E-state index in [0.717, 1.165) is 4.48 Å². The van der Waals surface area contributed by atoms with Gasteiger partial charge in [-0.3, -0.25) is 0 Å². The van der Waals surface area contributed by atoms with E-state index in [9.17, 15) is 4.79 Å². The zero-order valence-electron chi connectivity index (χ0n) is 6.63. The van der Waals surface area contributed by atoms with Gasteiger partial charge in [0.15, 0.2) is 0 Å². The molecule has 0 spiro atoms. The third kappa shape index (κ3) is 5.85. The van der Waals surface area contributed by atoms with Gasteiger partial charge < -0.3 is 4.74 Å². The second kappa shape index (κ2) is 6.16. The van der Waals surface area contributed by atoms with Gasteiger partial charge in [-0.2, -0.15) is 0 Å². The third-order valence-electron chi connectivity index (χ3n) is 0.941. The van der Waals surface area contributed by atoms with E-state index in [1.807, 2.05) is 13.0 Å². The summed E-state index contributed by atoms with van der Waals surface area (Å²) in [5.74, 6) is -0.314. The Bertz CT molecular complexity index is 183. The molecule has 0 rings (SSSR count). The summed E-state index contributed by atoms with van der Waals surface area (Å²) < 4.78 is 5.53. The summed E-state index contributed by atoms with van der Waals surface area (Å²) in [6.07, 6.45) is 4.88. The van der Waals surface area contributed by atoms with Crippen LogP contribution in [-0.2, 0) is 9.53 Å². The number of halogens is 1. The predicted octanol–water partition coefficient (Wildman–Crippen LogP) is 2.40. The largest absolute Gasteiger partial charge is 0.463 e. The SMILES string of the molecule is C/C=C(Br)/C=C/C(=O)OCC. The average molecular weight is 219 g/mol. The Morgan fingerprint density at radius 3 is 2.64 bits per heavy atom. The van der Waals surface area contributed by atoms with Crippen molar-refractivity contribution in [3.05, 3.63) is 22.7 Å². The molecule has 3 heteroatoms. The van der Waals surface area contributed by atoms with E-state index in [0.29, 0.717) is 6.61 Å². The van der Waals surface area contributed by atoms with Crippen LogP contribution in [0.4, 0.5) is 0 Å². The minimum Gasteiger partial charge on any atom is -0.463 e. The molecule has 11 heavy (non-hydrogen) atoms. The molecule has 0 fully saturated rings. The summed E-state index contributed by atoms with van der Waals surface area (Å²) in [6.45, 7) is 4.06. The van der Waals surface area contributed by atoms with Crippen molar-refractivity contribution in [3.63, 3.8) is 0 Å². The average Bonchev–Trinajstić information content (AvgIpc) is 2.01. The van der Waals surface area contributed by atoms with Crippen molar-refractivity contribution in [3.8, 4) is 0 Å². The number of ether oxygens (including phenoxy) is 1. The lowest BCUT2D eigenvalue weighted by Gasteiger charge is -1.93. The number of esters is 1. The van der Waals surface area contributed by atoms with Crippen LogP contribution in [0.5, 0.6) is 0 Å². The van der Waals surface area contributed by atoms with Gasteiger partial charge in [0.25, 0.3) is 0 Å². The molecule has 0 N–H and O–H groups in total. The first-order valence-corrected chi connectivity index (χ1v) is 4.16. The molecule has 0 atom stereocenters. The molecule has 0 amide bonds. The maximum Gasteiger partial charge on any atom is 0.330 e. The van der Waals surface area contributed by atoms with E-state index >= 15 is 0 Å². The van der Waals surface area contributed by atoms with Crippen LogP contribution in [0.25, 0.3) is 0 Å². The molecule has 0 aliphatic rings. The number of allylic oxidation sites excluding steroid dienone is 3. The Hall–Kier alpha value is -0.570. The van der Waals surface area contributed by atoms with Crippen LogP contribution < -0.4 is 0 Å². The molecule has 62 valence electrons. The zero-order chi connectivity index (χ0) is 8.69. The van der Waals surface area contributed by atoms with Crippen LogP contribution in [0.3, 0.4) is 0 Å². The lowest BCUT2D eigenvalue weighted by Crippen LogP contribution is -1.98. The summed E-state index contributed by atoms with van der Waals surface area (Å²) in [6, 6.07) is 0. The van der Waals surface area contributed by atoms with E-state index in [1.165, 1.54) is 6.08 Å². The van der Waals surface area contributed by atoms with E-state index in [2.05, 4.69) is 20.7 Å². The topological polar surface area (TPSA) is 26.3 Å². The fraction of sp³-hybridized carbons (Fsp3) is 0.375. The van der Waals surface area contributed by atoms with Gasteiger partial charge >= 0.3 is 5.97 Å². The number of carbonyl (C=O) groups excluding carboxylic acids is 1. The first-order valence-electron chi connectivity index (χ1n) is 3.37. The normalized spacial score (nSPS) is 12.1. The van der Waals surface area contributed by atoms with Crippen molar-refractivity contribution < 1.29 is 9.53 Å². The Labute approximate surface area is 75.1 Å².